The highest BCUT2D eigenvalue weighted by Crippen LogP contribution is 2.40. The molecular formula is C18H27N3O5Si. The summed E-state index contributed by atoms with van der Waals surface area (Å²) in [5.41, 5.74) is 1.12. The van der Waals surface area contributed by atoms with Gasteiger partial charge in [0, 0.05) is 6.20 Å². The van der Waals surface area contributed by atoms with Crippen LogP contribution in [0.1, 0.15) is 39.2 Å². The van der Waals surface area contributed by atoms with Gasteiger partial charge in [0.2, 0.25) is 0 Å². The summed E-state index contributed by atoms with van der Waals surface area (Å²) in [7, 11) is -2.10. The van der Waals surface area contributed by atoms with Crippen molar-refractivity contribution in [3.8, 4) is 0 Å². The van der Waals surface area contributed by atoms with Gasteiger partial charge in [-0.15, -0.1) is 0 Å². The quantitative estimate of drug-likeness (QED) is 0.440. The van der Waals surface area contributed by atoms with Crippen LogP contribution < -0.4 is 5.32 Å². The van der Waals surface area contributed by atoms with E-state index in [0.29, 0.717) is 18.4 Å². The molecule has 2 atom stereocenters. The van der Waals surface area contributed by atoms with Gasteiger partial charge in [0.25, 0.3) is 5.69 Å². The fourth-order valence-electron chi connectivity index (χ4n) is 2.88. The Kier molecular flexibility index (Phi) is 6.06. The van der Waals surface area contributed by atoms with Crippen molar-refractivity contribution in [3.05, 3.63) is 40.2 Å². The fourth-order valence-corrected chi connectivity index (χ4v) is 4.25. The lowest BCUT2D eigenvalue weighted by Gasteiger charge is -2.42. The summed E-state index contributed by atoms with van der Waals surface area (Å²) in [5, 5.41) is 23.0. The molecule has 8 nitrogen and oxygen atoms in total. The Bertz CT molecular complexity index is 758. The molecule has 0 spiro atoms. The van der Waals surface area contributed by atoms with Crippen LogP contribution in [0.3, 0.4) is 0 Å². The number of hydrogen-bond acceptors (Lipinski definition) is 5. The maximum absolute atomic E-state index is 11.3. The molecular weight excluding hydrogens is 366 g/mol. The van der Waals surface area contributed by atoms with Crippen molar-refractivity contribution in [1.82, 2.24) is 10.3 Å². The van der Waals surface area contributed by atoms with Crippen molar-refractivity contribution in [1.29, 1.82) is 0 Å². The molecule has 0 fully saturated rings. The second-order valence-electron chi connectivity index (χ2n) is 8.27. The summed E-state index contributed by atoms with van der Waals surface area (Å²) in [4.78, 5) is 25.9. The minimum Gasteiger partial charge on any atom is -0.465 e. The number of aromatic nitrogens is 1. The van der Waals surface area contributed by atoms with Crippen molar-refractivity contribution < 1.29 is 19.3 Å². The van der Waals surface area contributed by atoms with E-state index in [1.54, 1.807) is 12.1 Å². The lowest BCUT2D eigenvalue weighted by molar-refractivity contribution is -0.385. The van der Waals surface area contributed by atoms with E-state index in [2.05, 4.69) is 44.2 Å². The first-order valence-electron chi connectivity index (χ1n) is 8.89. The molecule has 27 heavy (non-hydrogen) atoms. The van der Waals surface area contributed by atoms with Crippen molar-refractivity contribution in [2.45, 2.75) is 63.9 Å². The predicted molar refractivity (Wildman–Crippen MR) is 105 cm³/mol. The van der Waals surface area contributed by atoms with E-state index in [-0.39, 0.29) is 16.8 Å². The van der Waals surface area contributed by atoms with Gasteiger partial charge in [0.1, 0.15) is 6.20 Å². The SMILES string of the molecule is CC(C)(C)[Si](C)(C)OC1CCC(c2ccncc2[N+](=O)[O-])=CC1NC(=O)O. The average Bonchev–Trinajstić information content (AvgIpc) is 2.54. The van der Waals surface area contributed by atoms with E-state index in [1.165, 1.54) is 12.4 Å². The van der Waals surface area contributed by atoms with E-state index >= 15 is 0 Å². The second-order valence-corrected chi connectivity index (χ2v) is 13.0. The number of allylic oxidation sites excluding steroid dienone is 1. The lowest BCUT2D eigenvalue weighted by Crippen LogP contribution is -2.51. The molecule has 0 saturated carbocycles. The zero-order valence-corrected chi connectivity index (χ0v) is 17.4. The molecule has 1 aromatic heterocycles. The van der Waals surface area contributed by atoms with E-state index in [0.717, 1.165) is 5.57 Å². The highest BCUT2D eigenvalue weighted by atomic mass is 28.4. The number of rotatable bonds is 5. The van der Waals surface area contributed by atoms with Crippen LogP contribution in [-0.4, -0.2) is 41.6 Å². The van der Waals surface area contributed by atoms with Crippen molar-refractivity contribution >= 4 is 25.7 Å². The number of amides is 1. The fraction of sp³-hybridized carbons (Fsp3) is 0.556. The van der Waals surface area contributed by atoms with Gasteiger partial charge in [-0.2, -0.15) is 0 Å². The van der Waals surface area contributed by atoms with Crippen LogP contribution in [0.5, 0.6) is 0 Å². The number of pyridine rings is 1. The van der Waals surface area contributed by atoms with E-state index in [4.69, 9.17) is 4.43 Å². The summed E-state index contributed by atoms with van der Waals surface area (Å²) in [6.45, 7) is 10.6. The summed E-state index contributed by atoms with van der Waals surface area (Å²) < 4.78 is 6.44. The molecule has 2 rings (SSSR count). The molecule has 0 aliphatic heterocycles. The Morgan fingerprint density at radius 2 is 2.11 bits per heavy atom. The van der Waals surface area contributed by atoms with Crippen LogP contribution in [-0.2, 0) is 4.43 Å². The molecule has 0 radical (unpaired) electrons. The lowest BCUT2D eigenvalue weighted by atomic mass is 9.89. The van der Waals surface area contributed by atoms with Gasteiger partial charge in [-0.3, -0.25) is 15.1 Å². The zero-order chi connectivity index (χ0) is 20.4. The van der Waals surface area contributed by atoms with Gasteiger partial charge in [-0.1, -0.05) is 26.8 Å². The zero-order valence-electron chi connectivity index (χ0n) is 16.4. The first kappa shape index (κ1) is 21.0. The van der Waals surface area contributed by atoms with Gasteiger partial charge >= 0.3 is 6.09 Å². The van der Waals surface area contributed by atoms with E-state index < -0.39 is 25.4 Å². The Morgan fingerprint density at radius 3 is 2.67 bits per heavy atom. The maximum Gasteiger partial charge on any atom is 0.405 e. The number of carbonyl (C=O) groups is 1. The Hall–Kier alpha value is -2.26. The molecule has 0 bridgehead atoms. The number of nitrogens with one attached hydrogen (secondary N) is 1. The minimum atomic E-state index is -2.10. The minimum absolute atomic E-state index is 0.00531. The average molecular weight is 394 g/mol. The van der Waals surface area contributed by atoms with Crippen molar-refractivity contribution in [2.24, 2.45) is 0 Å². The third kappa shape index (κ3) is 4.92. The van der Waals surface area contributed by atoms with E-state index in [1.807, 2.05) is 0 Å². The second kappa shape index (κ2) is 7.77. The number of hydrogen-bond donors (Lipinski definition) is 2. The van der Waals surface area contributed by atoms with Crippen LogP contribution in [0.25, 0.3) is 5.57 Å². The summed E-state index contributed by atoms with van der Waals surface area (Å²) >= 11 is 0. The third-order valence-corrected chi connectivity index (χ3v) is 9.87. The van der Waals surface area contributed by atoms with Gasteiger partial charge in [-0.25, -0.2) is 4.79 Å². The van der Waals surface area contributed by atoms with Crippen LogP contribution in [0, 0.1) is 10.1 Å². The highest BCUT2D eigenvalue weighted by molar-refractivity contribution is 6.74. The highest BCUT2D eigenvalue weighted by Gasteiger charge is 2.41. The third-order valence-electron chi connectivity index (χ3n) is 5.36. The number of carboxylic acid groups (broad SMARTS) is 1. The standard InChI is InChI=1S/C18H27N3O5Si/c1-18(2,3)27(4,5)26-16-7-6-12(10-14(16)20-17(22)23)13-8-9-19-11-15(13)21(24)25/h8-11,14,16,20H,6-7H2,1-5H3,(H,22,23). The number of nitrogens with zero attached hydrogens (tertiary/aromatic N) is 2. The van der Waals surface area contributed by atoms with Crippen LogP contribution in [0.2, 0.25) is 18.1 Å². The molecule has 0 aromatic carbocycles. The van der Waals surface area contributed by atoms with Crippen molar-refractivity contribution in [3.63, 3.8) is 0 Å². The largest absolute Gasteiger partial charge is 0.465 e. The predicted octanol–water partition coefficient (Wildman–Crippen LogP) is 4.19. The first-order chi connectivity index (χ1) is 12.4. The van der Waals surface area contributed by atoms with Crippen LogP contribution in [0.4, 0.5) is 10.5 Å². The Labute approximate surface area is 159 Å². The summed E-state index contributed by atoms with van der Waals surface area (Å²) in [6.07, 6.45) is 4.18. The summed E-state index contributed by atoms with van der Waals surface area (Å²) in [5.74, 6) is 0. The smallest absolute Gasteiger partial charge is 0.405 e. The molecule has 2 unspecified atom stereocenters. The van der Waals surface area contributed by atoms with Gasteiger partial charge < -0.3 is 14.8 Å². The molecule has 148 valence electrons. The first-order valence-corrected chi connectivity index (χ1v) is 11.8. The van der Waals surface area contributed by atoms with Gasteiger partial charge in [0.05, 0.1) is 22.6 Å². The van der Waals surface area contributed by atoms with Gasteiger partial charge in [0.15, 0.2) is 8.32 Å². The molecule has 1 amide bonds. The van der Waals surface area contributed by atoms with E-state index in [9.17, 15) is 20.0 Å². The normalized spacial score (nSPS) is 20.7. The molecule has 1 aliphatic rings. The molecule has 1 aliphatic carbocycles. The monoisotopic (exact) mass is 393 g/mol. The van der Waals surface area contributed by atoms with Gasteiger partial charge in [-0.05, 0) is 42.6 Å². The Balaban J connectivity index is 2.36. The molecule has 2 N–H and O–H groups in total. The molecule has 0 saturated heterocycles. The van der Waals surface area contributed by atoms with Crippen molar-refractivity contribution in [2.75, 3.05) is 0 Å². The Morgan fingerprint density at radius 1 is 1.44 bits per heavy atom. The maximum atomic E-state index is 11.3. The molecule has 1 aromatic rings. The molecule has 9 heteroatoms. The summed E-state index contributed by atoms with van der Waals surface area (Å²) in [6, 6.07) is 1.03. The molecule has 1 heterocycles. The number of nitro groups is 1. The van der Waals surface area contributed by atoms with Crippen LogP contribution in [0.15, 0.2) is 24.5 Å². The van der Waals surface area contributed by atoms with Crippen LogP contribution >= 0.6 is 0 Å². The topological polar surface area (TPSA) is 115 Å².